The van der Waals surface area contributed by atoms with Gasteiger partial charge >= 0.3 is 6.03 Å². The topological polar surface area (TPSA) is 110 Å². The molecule has 0 saturated carbocycles. The van der Waals surface area contributed by atoms with E-state index < -0.39 is 6.03 Å². The molecule has 1 aliphatic rings. The van der Waals surface area contributed by atoms with Crippen molar-refractivity contribution in [3.63, 3.8) is 0 Å². The lowest BCUT2D eigenvalue weighted by Gasteiger charge is -2.30. The number of hydrogen-bond acceptors (Lipinski definition) is 3. The second kappa shape index (κ2) is 7.07. The van der Waals surface area contributed by atoms with Crippen molar-refractivity contribution in [1.29, 1.82) is 0 Å². The van der Waals surface area contributed by atoms with Gasteiger partial charge in [-0.3, -0.25) is 9.59 Å². The first-order valence-corrected chi connectivity index (χ1v) is 6.06. The van der Waals surface area contributed by atoms with Gasteiger partial charge < -0.3 is 27.9 Å². The van der Waals surface area contributed by atoms with E-state index in [-0.39, 0.29) is 35.8 Å². The van der Waals surface area contributed by atoms with E-state index in [9.17, 15) is 14.4 Å². The molecule has 1 atom stereocenters. The first-order valence-electron chi connectivity index (χ1n) is 6.06. The van der Waals surface area contributed by atoms with E-state index in [0.717, 1.165) is 0 Å². The molecule has 8 nitrogen and oxygen atoms in total. The zero-order chi connectivity index (χ0) is 15.6. The number of nitrogens with one attached hydrogen (secondary N) is 2. The summed E-state index contributed by atoms with van der Waals surface area (Å²) in [5.41, 5.74) is 8.38. The summed E-state index contributed by atoms with van der Waals surface area (Å²) in [5.74, 6) is -0.733. The Kier molecular flexibility index (Phi) is 6.37. The van der Waals surface area contributed by atoms with Crippen molar-refractivity contribution < 1.29 is 31.9 Å². The zero-order valence-corrected chi connectivity index (χ0v) is 13.4. The number of urea groups is 1. The Morgan fingerprint density at radius 2 is 1.90 bits per heavy atom. The van der Waals surface area contributed by atoms with Crippen molar-refractivity contribution in [1.82, 2.24) is 15.2 Å². The number of carbonyl (C=O) groups is 3. The summed E-state index contributed by atoms with van der Waals surface area (Å²) in [6, 6.07) is -1.06. The molecule has 4 amide bonds. The SMILES string of the molecule is CC1=C(C(=O)N(C)C)C(=O)N(C)C(C)C1=[NH+]NC(N)=O.[Cl-]. The van der Waals surface area contributed by atoms with Crippen LogP contribution in [0.5, 0.6) is 0 Å². The van der Waals surface area contributed by atoms with E-state index >= 15 is 0 Å². The highest BCUT2D eigenvalue weighted by molar-refractivity contribution is 6.26. The Morgan fingerprint density at radius 1 is 1.38 bits per heavy atom. The molecule has 0 bridgehead atoms. The molecule has 1 heterocycles. The maximum absolute atomic E-state index is 12.2. The lowest BCUT2D eigenvalue weighted by atomic mass is 9.93. The molecule has 0 aromatic carbocycles. The molecule has 0 aliphatic carbocycles. The summed E-state index contributed by atoms with van der Waals surface area (Å²) in [7, 11) is 4.74. The highest BCUT2D eigenvalue weighted by Gasteiger charge is 2.40. The molecule has 0 aromatic rings. The van der Waals surface area contributed by atoms with Gasteiger partial charge in [-0.1, -0.05) is 0 Å². The number of hydrazine groups is 1. The number of nitrogens with zero attached hydrogens (tertiary/aromatic N) is 2. The van der Waals surface area contributed by atoms with Crippen LogP contribution < -0.4 is 28.7 Å². The molecule has 0 fully saturated rings. The minimum Gasteiger partial charge on any atom is -1.00 e. The average molecular weight is 318 g/mol. The third kappa shape index (κ3) is 3.72. The number of halogens is 1. The number of carbonyl (C=O) groups excluding carboxylic acids is 3. The normalized spacial score (nSPS) is 20.2. The standard InChI is InChI=1S/C12H19N5O3.ClH/c1-6-8(10(18)16(3)4)11(19)17(5)7(2)9(6)14-15-12(13)20;/h7H,1-5H3,(H3,13,15,20);1H. The Hall–Kier alpha value is -2.09. The van der Waals surface area contributed by atoms with E-state index in [4.69, 9.17) is 5.73 Å². The predicted octanol–water partition coefficient (Wildman–Crippen LogP) is -5.64. The Bertz CT molecular complexity index is 527. The molecular formula is C12H20ClN5O3. The predicted molar refractivity (Wildman–Crippen MR) is 72.3 cm³/mol. The van der Waals surface area contributed by atoms with Crippen LogP contribution in [-0.2, 0) is 9.59 Å². The maximum atomic E-state index is 12.2. The monoisotopic (exact) mass is 317 g/mol. The van der Waals surface area contributed by atoms with Gasteiger partial charge in [-0.15, -0.1) is 10.5 Å². The number of primary amides is 1. The number of hydrazone groups is 1. The van der Waals surface area contributed by atoms with Gasteiger partial charge in [0.2, 0.25) is 5.71 Å². The summed E-state index contributed by atoms with van der Waals surface area (Å²) in [6.45, 7) is 3.44. The minimum absolute atomic E-state index is 0. The molecule has 0 aromatic heterocycles. The lowest BCUT2D eigenvalue weighted by molar-refractivity contribution is -0.510. The highest BCUT2D eigenvalue weighted by Crippen LogP contribution is 2.20. The first-order chi connectivity index (χ1) is 9.18. The molecule has 118 valence electrons. The van der Waals surface area contributed by atoms with Crippen LogP contribution >= 0.6 is 0 Å². The smallest absolute Gasteiger partial charge is 0.365 e. The van der Waals surface area contributed by atoms with Crippen molar-refractivity contribution >= 4 is 23.6 Å². The Morgan fingerprint density at radius 3 is 2.33 bits per heavy atom. The van der Waals surface area contributed by atoms with E-state index in [2.05, 4.69) is 10.5 Å². The van der Waals surface area contributed by atoms with Gasteiger partial charge in [0.1, 0.15) is 11.6 Å². The molecule has 0 spiro atoms. The first kappa shape index (κ1) is 18.9. The summed E-state index contributed by atoms with van der Waals surface area (Å²) >= 11 is 0. The van der Waals surface area contributed by atoms with Crippen LogP contribution in [0.4, 0.5) is 4.79 Å². The number of nitrogens with two attached hydrogens (primary N) is 1. The van der Waals surface area contributed by atoms with E-state index in [1.165, 1.54) is 9.80 Å². The fourth-order valence-corrected chi connectivity index (χ4v) is 1.96. The van der Waals surface area contributed by atoms with Crippen LogP contribution in [0.1, 0.15) is 13.8 Å². The van der Waals surface area contributed by atoms with Gasteiger partial charge in [-0.05, 0) is 13.8 Å². The van der Waals surface area contributed by atoms with Gasteiger partial charge in [0.05, 0.1) is 0 Å². The molecular weight excluding hydrogens is 298 g/mol. The minimum atomic E-state index is -0.752. The molecule has 0 saturated heterocycles. The lowest BCUT2D eigenvalue weighted by Crippen LogP contribution is -3.00. The van der Waals surface area contributed by atoms with Gasteiger partial charge in [-0.25, -0.2) is 4.79 Å². The largest absolute Gasteiger partial charge is 1.00 e. The molecule has 1 rings (SSSR count). The molecule has 21 heavy (non-hydrogen) atoms. The van der Waals surface area contributed by atoms with Crippen LogP contribution in [0.15, 0.2) is 11.1 Å². The quantitative estimate of drug-likeness (QED) is 0.349. The third-order valence-corrected chi connectivity index (χ3v) is 3.25. The number of likely N-dealkylation sites (N-methyl/N-ethyl adjacent to an activating group) is 2. The summed E-state index contributed by atoms with van der Waals surface area (Å²) in [4.78, 5) is 37.9. The Labute approximate surface area is 129 Å². The van der Waals surface area contributed by atoms with Crippen LogP contribution in [-0.4, -0.2) is 60.5 Å². The fourth-order valence-electron chi connectivity index (χ4n) is 1.96. The summed E-state index contributed by atoms with van der Waals surface area (Å²) in [6.07, 6.45) is 0. The van der Waals surface area contributed by atoms with Crippen molar-refractivity contribution in [3.05, 3.63) is 11.1 Å². The van der Waals surface area contributed by atoms with Crippen molar-refractivity contribution in [2.24, 2.45) is 5.73 Å². The zero-order valence-electron chi connectivity index (χ0n) is 12.7. The Balaban J connectivity index is 0.00000400. The number of amides is 4. The molecule has 9 heteroatoms. The van der Waals surface area contributed by atoms with Crippen molar-refractivity contribution in [2.75, 3.05) is 21.1 Å². The molecule has 1 aliphatic heterocycles. The van der Waals surface area contributed by atoms with Crippen LogP contribution in [0.3, 0.4) is 0 Å². The molecule has 1 unspecified atom stereocenters. The molecule has 0 radical (unpaired) electrons. The summed E-state index contributed by atoms with van der Waals surface area (Å²) < 4.78 is 0. The second-order valence-corrected chi connectivity index (χ2v) is 4.82. The van der Waals surface area contributed by atoms with Crippen molar-refractivity contribution in [3.8, 4) is 0 Å². The van der Waals surface area contributed by atoms with Gasteiger partial charge in [0, 0.05) is 26.7 Å². The highest BCUT2D eigenvalue weighted by atomic mass is 35.5. The third-order valence-electron chi connectivity index (χ3n) is 3.25. The average Bonchev–Trinajstić information content (AvgIpc) is 2.35. The fraction of sp³-hybridized carbons (Fsp3) is 0.500. The van der Waals surface area contributed by atoms with Crippen molar-refractivity contribution in [2.45, 2.75) is 19.9 Å². The van der Waals surface area contributed by atoms with E-state index in [1.807, 2.05) is 0 Å². The van der Waals surface area contributed by atoms with E-state index in [0.29, 0.717) is 11.3 Å². The van der Waals surface area contributed by atoms with E-state index in [1.54, 1.807) is 35.0 Å². The van der Waals surface area contributed by atoms with Gasteiger partial charge in [0.25, 0.3) is 11.8 Å². The van der Waals surface area contributed by atoms with Gasteiger partial charge in [0.15, 0.2) is 0 Å². The van der Waals surface area contributed by atoms with Crippen LogP contribution in [0.2, 0.25) is 0 Å². The maximum Gasteiger partial charge on any atom is 0.365 e. The number of rotatable bonds is 2. The molecule has 4 N–H and O–H groups in total. The second-order valence-electron chi connectivity index (χ2n) is 4.82. The van der Waals surface area contributed by atoms with Gasteiger partial charge in [-0.2, -0.15) is 0 Å². The summed E-state index contributed by atoms with van der Waals surface area (Å²) in [5, 5.41) is 2.66. The van der Waals surface area contributed by atoms with Crippen LogP contribution in [0, 0.1) is 0 Å². The number of hydrogen-bond donors (Lipinski definition) is 3. The van der Waals surface area contributed by atoms with Crippen LogP contribution in [0.25, 0.3) is 0 Å².